The summed E-state index contributed by atoms with van der Waals surface area (Å²) in [6.07, 6.45) is 4.51. The number of aliphatic hydroxyl groups is 2. The van der Waals surface area contributed by atoms with Crippen LogP contribution in [0.4, 0.5) is 0 Å². The molecule has 0 radical (unpaired) electrons. The third kappa shape index (κ3) is 3.54. The zero-order valence-corrected chi connectivity index (χ0v) is 15.8. The molecule has 5 unspecified atom stereocenters. The maximum Gasteiger partial charge on any atom is 0.333 e. The Balaban J connectivity index is 1.59. The molecular formula is C20H30O6. The predicted molar refractivity (Wildman–Crippen MR) is 94.0 cm³/mol. The van der Waals surface area contributed by atoms with Gasteiger partial charge in [-0.2, -0.15) is 0 Å². The highest BCUT2D eigenvalue weighted by molar-refractivity contribution is 5.86. The average Bonchev–Trinajstić information content (AvgIpc) is 2.55. The Morgan fingerprint density at radius 3 is 2.46 bits per heavy atom. The van der Waals surface area contributed by atoms with Crippen LogP contribution in [-0.2, 0) is 19.1 Å². The molecule has 26 heavy (non-hydrogen) atoms. The predicted octanol–water partition coefficient (Wildman–Crippen LogP) is 2.12. The molecule has 6 nitrogen and oxygen atoms in total. The lowest BCUT2D eigenvalue weighted by Gasteiger charge is -2.63. The van der Waals surface area contributed by atoms with Crippen LogP contribution >= 0.6 is 0 Å². The third-order valence-corrected chi connectivity index (χ3v) is 6.50. The first kappa shape index (κ1) is 19.4. The van der Waals surface area contributed by atoms with Gasteiger partial charge in [-0.15, -0.1) is 0 Å². The number of carbonyl (C=O) groups is 2. The molecule has 0 aromatic heterocycles. The number of esters is 2. The Hall–Kier alpha value is -1.40. The molecule has 0 heterocycles. The molecule has 0 aromatic rings. The number of hydrogen-bond acceptors (Lipinski definition) is 6. The van der Waals surface area contributed by atoms with E-state index in [0.717, 1.165) is 38.5 Å². The summed E-state index contributed by atoms with van der Waals surface area (Å²) in [6, 6.07) is 0. The molecule has 0 saturated heterocycles. The minimum absolute atomic E-state index is 0.0306. The van der Waals surface area contributed by atoms with Crippen molar-refractivity contribution >= 4 is 11.9 Å². The highest BCUT2D eigenvalue weighted by atomic mass is 16.6. The van der Waals surface area contributed by atoms with Gasteiger partial charge in [0.25, 0.3) is 0 Å². The second kappa shape index (κ2) is 6.64. The monoisotopic (exact) mass is 366 g/mol. The molecule has 146 valence electrons. The number of hydrogen-bond donors (Lipinski definition) is 2. The third-order valence-electron chi connectivity index (χ3n) is 6.50. The lowest BCUT2D eigenvalue weighted by Crippen LogP contribution is -2.62. The van der Waals surface area contributed by atoms with Crippen LogP contribution in [0.5, 0.6) is 0 Å². The van der Waals surface area contributed by atoms with Crippen molar-refractivity contribution in [3.8, 4) is 0 Å². The molecule has 4 bridgehead atoms. The minimum atomic E-state index is -1.07. The molecule has 4 aliphatic rings. The Kier molecular flexibility index (Phi) is 4.95. The van der Waals surface area contributed by atoms with Gasteiger partial charge in [-0.1, -0.05) is 19.9 Å². The number of ether oxygens (including phenoxy) is 2. The Morgan fingerprint density at radius 1 is 1.15 bits per heavy atom. The van der Waals surface area contributed by atoms with Crippen molar-refractivity contribution < 1.29 is 29.3 Å². The van der Waals surface area contributed by atoms with Crippen molar-refractivity contribution in [2.24, 2.45) is 16.7 Å². The zero-order chi connectivity index (χ0) is 19.2. The molecule has 0 aliphatic heterocycles. The van der Waals surface area contributed by atoms with E-state index in [4.69, 9.17) is 9.47 Å². The van der Waals surface area contributed by atoms with Crippen LogP contribution in [-0.4, -0.2) is 47.1 Å². The molecule has 6 heteroatoms. The topological polar surface area (TPSA) is 93.1 Å². The highest BCUT2D eigenvalue weighted by Gasteiger charge is 2.65. The minimum Gasteiger partial charge on any atom is -0.462 e. The maximum absolute atomic E-state index is 12.9. The summed E-state index contributed by atoms with van der Waals surface area (Å²) in [5.41, 5.74) is -1.12. The van der Waals surface area contributed by atoms with Crippen molar-refractivity contribution in [2.75, 3.05) is 13.2 Å². The van der Waals surface area contributed by atoms with E-state index in [1.54, 1.807) is 0 Å². The van der Waals surface area contributed by atoms with Crippen LogP contribution in [0.1, 0.15) is 58.8 Å². The van der Waals surface area contributed by atoms with Gasteiger partial charge in [-0.25, -0.2) is 4.79 Å². The Bertz CT molecular complexity index is 615. The van der Waals surface area contributed by atoms with Crippen molar-refractivity contribution in [3.63, 3.8) is 0 Å². The number of aliphatic hydroxyl groups excluding tert-OH is 1. The largest absolute Gasteiger partial charge is 0.462 e. The van der Waals surface area contributed by atoms with Gasteiger partial charge in [-0.05, 0) is 56.8 Å². The number of rotatable bonds is 7. The van der Waals surface area contributed by atoms with E-state index in [9.17, 15) is 19.8 Å². The molecular weight excluding hydrogens is 336 g/mol. The fraction of sp³-hybridized carbons (Fsp3) is 0.800. The lowest BCUT2D eigenvalue weighted by molar-refractivity contribution is -0.218. The van der Waals surface area contributed by atoms with Crippen LogP contribution in [0.3, 0.4) is 0 Å². The van der Waals surface area contributed by atoms with Gasteiger partial charge in [0, 0.05) is 5.57 Å². The van der Waals surface area contributed by atoms with Gasteiger partial charge in [0.1, 0.15) is 19.3 Å². The SMILES string of the molecule is C=C(C)C(=O)OCC(O)COC(=O)C12CC3CC(O)(CC(CC)(C3)C1)C2. The first-order valence-corrected chi connectivity index (χ1v) is 9.51. The van der Waals surface area contributed by atoms with E-state index in [1.807, 2.05) is 0 Å². The van der Waals surface area contributed by atoms with Crippen LogP contribution in [0.2, 0.25) is 0 Å². The van der Waals surface area contributed by atoms with Gasteiger partial charge in [0.2, 0.25) is 0 Å². The molecule has 4 saturated carbocycles. The van der Waals surface area contributed by atoms with Gasteiger partial charge in [-0.3, -0.25) is 4.79 Å². The standard InChI is InChI=1S/C20H30O6/c1-4-18-5-14-6-19(10-18,12-20(24,7-14)11-18)17(23)26-9-15(21)8-25-16(22)13(2)3/h14-15,21,24H,2,4-12H2,1,3H3. The van der Waals surface area contributed by atoms with Crippen LogP contribution in [0.25, 0.3) is 0 Å². The summed E-state index contributed by atoms with van der Waals surface area (Å²) in [6.45, 7) is 6.67. The summed E-state index contributed by atoms with van der Waals surface area (Å²) < 4.78 is 10.3. The molecule has 0 aromatic carbocycles. The summed E-state index contributed by atoms with van der Waals surface area (Å²) in [4.78, 5) is 24.2. The van der Waals surface area contributed by atoms with Crippen LogP contribution in [0.15, 0.2) is 12.2 Å². The lowest BCUT2D eigenvalue weighted by atomic mass is 9.42. The fourth-order valence-corrected chi connectivity index (χ4v) is 5.88. The summed E-state index contributed by atoms with van der Waals surface area (Å²) in [5.74, 6) is -0.545. The van der Waals surface area contributed by atoms with Gasteiger partial charge >= 0.3 is 11.9 Å². The second-order valence-corrected chi connectivity index (χ2v) is 9.00. The first-order chi connectivity index (χ1) is 12.1. The summed E-state index contributed by atoms with van der Waals surface area (Å²) in [5, 5.41) is 20.9. The molecule has 4 rings (SSSR count). The van der Waals surface area contributed by atoms with E-state index >= 15 is 0 Å². The number of carbonyl (C=O) groups excluding carboxylic acids is 2. The molecule has 5 atom stereocenters. The quantitative estimate of drug-likeness (QED) is 0.530. The fourth-order valence-electron chi connectivity index (χ4n) is 5.88. The zero-order valence-electron chi connectivity index (χ0n) is 15.8. The van der Waals surface area contributed by atoms with E-state index in [-0.39, 0.29) is 30.2 Å². The molecule has 4 fully saturated rings. The van der Waals surface area contributed by atoms with Crippen molar-refractivity contribution in [3.05, 3.63) is 12.2 Å². The summed E-state index contributed by atoms with van der Waals surface area (Å²) >= 11 is 0. The molecule has 0 amide bonds. The van der Waals surface area contributed by atoms with E-state index in [2.05, 4.69) is 13.5 Å². The highest BCUT2D eigenvalue weighted by Crippen LogP contribution is 2.67. The summed E-state index contributed by atoms with van der Waals surface area (Å²) in [7, 11) is 0. The van der Waals surface area contributed by atoms with Crippen molar-refractivity contribution in [1.29, 1.82) is 0 Å². The molecule has 0 spiro atoms. The van der Waals surface area contributed by atoms with Crippen LogP contribution in [0, 0.1) is 16.7 Å². The van der Waals surface area contributed by atoms with Gasteiger partial charge < -0.3 is 19.7 Å². The van der Waals surface area contributed by atoms with E-state index in [0.29, 0.717) is 12.3 Å². The first-order valence-electron chi connectivity index (χ1n) is 9.51. The smallest absolute Gasteiger partial charge is 0.333 e. The van der Waals surface area contributed by atoms with E-state index in [1.165, 1.54) is 6.92 Å². The maximum atomic E-state index is 12.9. The van der Waals surface area contributed by atoms with E-state index < -0.39 is 23.1 Å². The molecule has 4 aliphatic carbocycles. The van der Waals surface area contributed by atoms with Crippen molar-refractivity contribution in [2.45, 2.75) is 70.5 Å². The Morgan fingerprint density at radius 2 is 1.85 bits per heavy atom. The van der Waals surface area contributed by atoms with Gasteiger partial charge in [0.15, 0.2) is 0 Å². The normalized spacial score (nSPS) is 38.7. The Labute approximate surface area is 154 Å². The average molecular weight is 366 g/mol. The van der Waals surface area contributed by atoms with Crippen LogP contribution < -0.4 is 0 Å². The van der Waals surface area contributed by atoms with Crippen molar-refractivity contribution in [1.82, 2.24) is 0 Å². The second-order valence-electron chi connectivity index (χ2n) is 9.00. The van der Waals surface area contributed by atoms with Gasteiger partial charge in [0.05, 0.1) is 11.0 Å². The molecule has 2 N–H and O–H groups in total.